The highest BCUT2D eigenvalue weighted by molar-refractivity contribution is 14.1. The number of ether oxygens (including phenoxy) is 1. The molecule has 7 rings (SSSR count). The fourth-order valence-corrected chi connectivity index (χ4v) is 14.6. The number of phenols is 1. The van der Waals surface area contributed by atoms with Gasteiger partial charge < -0.3 is 23.9 Å². The molecule has 2 fully saturated rings. The average molecular weight is 927 g/mol. The number of amides is 2. The zero-order valence-electron chi connectivity index (χ0n) is 33.8. The summed E-state index contributed by atoms with van der Waals surface area (Å²) in [5.74, 6) is -2.48. The van der Waals surface area contributed by atoms with Crippen LogP contribution in [-0.2, 0) is 18.7 Å². The molecular weight excluding hydrogens is 878 g/mol. The molecule has 59 heavy (non-hydrogen) atoms. The molecule has 4 aromatic rings. The number of rotatable bonds is 12. The van der Waals surface area contributed by atoms with Crippen molar-refractivity contribution < 1.29 is 38.5 Å². The number of non-ortho nitro benzene ring substituents is 1. The van der Waals surface area contributed by atoms with E-state index < -0.39 is 56.0 Å². The molecule has 14 heteroatoms. The third-order valence-corrected chi connectivity index (χ3v) is 17.8. The predicted octanol–water partition coefficient (Wildman–Crippen LogP) is 7.68. The topological polar surface area (TPSA) is 149 Å². The van der Waals surface area contributed by atoms with E-state index >= 15 is 0 Å². The predicted molar refractivity (Wildman–Crippen MR) is 239 cm³/mol. The Morgan fingerprint density at radius 2 is 1.66 bits per heavy atom. The van der Waals surface area contributed by atoms with E-state index in [0.717, 1.165) is 37.6 Å². The van der Waals surface area contributed by atoms with Crippen LogP contribution >= 0.6 is 22.6 Å². The number of nitro benzene ring substituents is 1. The zero-order valence-corrected chi connectivity index (χ0v) is 36.9. The Bertz CT molecular complexity index is 2280. The highest BCUT2D eigenvalue weighted by atomic mass is 127. The SMILES string of the molecule is COc1cc(/C=C(\C)CC[C@H]2OB(O)C[C@H]3C2=C(CO[Si](c2ccccc2)(c2ccccc2)C(C)(C)C)C[C@H]2C(=O)N(c4cccc([N+](=O)[O-])c4)C(=O)[C@H]23)cc(I)c1O. The number of phenolic OH excluding ortho intramolecular Hbond substituents is 1. The van der Waals surface area contributed by atoms with E-state index in [4.69, 9.17) is 13.8 Å². The summed E-state index contributed by atoms with van der Waals surface area (Å²) in [5.41, 5.74) is 3.58. The van der Waals surface area contributed by atoms with Gasteiger partial charge in [0.2, 0.25) is 11.8 Å². The molecule has 2 aliphatic heterocycles. The average Bonchev–Trinajstić information content (AvgIpc) is 3.46. The van der Waals surface area contributed by atoms with Gasteiger partial charge in [-0.1, -0.05) is 99.2 Å². The van der Waals surface area contributed by atoms with Crippen LogP contribution < -0.4 is 20.0 Å². The molecule has 2 saturated heterocycles. The van der Waals surface area contributed by atoms with Crippen LogP contribution in [0.2, 0.25) is 11.4 Å². The second-order valence-electron chi connectivity index (χ2n) is 16.6. The van der Waals surface area contributed by atoms with E-state index in [9.17, 15) is 29.8 Å². The maximum atomic E-state index is 14.5. The number of benzene rings is 4. The molecule has 0 aromatic heterocycles. The third-order valence-electron chi connectivity index (χ3n) is 12.0. The van der Waals surface area contributed by atoms with E-state index in [1.54, 1.807) is 12.1 Å². The lowest BCUT2D eigenvalue weighted by atomic mass is 9.58. The summed E-state index contributed by atoms with van der Waals surface area (Å²) in [5, 5.41) is 35.3. The number of carbonyl (C=O) groups excluding carboxylic acids is 2. The molecule has 2 amide bonds. The second-order valence-corrected chi connectivity index (χ2v) is 22.1. The van der Waals surface area contributed by atoms with Crippen LogP contribution in [0.4, 0.5) is 11.4 Å². The van der Waals surface area contributed by atoms with Crippen LogP contribution in [-0.4, -0.2) is 62.1 Å². The summed E-state index contributed by atoms with van der Waals surface area (Å²) in [7, 11) is -2.73. The maximum Gasteiger partial charge on any atom is 0.455 e. The fourth-order valence-electron chi connectivity index (χ4n) is 9.40. The minimum Gasteiger partial charge on any atom is -0.504 e. The summed E-state index contributed by atoms with van der Waals surface area (Å²) >= 11 is 2.07. The van der Waals surface area contributed by atoms with Crippen LogP contribution in [0.15, 0.2) is 114 Å². The number of nitro groups is 1. The monoisotopic (exact) mass is 926 g/mol. The van der Waals surface area contributed by atoms with Gasteiger partial charge in [0, 0.05) is 12.1 Å². The maximum absolute atomic E-state index is 14.5. The largest absolute Gasteiger partial charge is 0.504 e. The van der Waals surface area contributed by atoms with Crippen molar-refractivity contribution in [2.24, 2.45) is 17.8 Å². The zero-order chi connectivity index (χ0) is 42.2. The standard InChI is InChI=1S/C45H48BIN2O9Si/c1-28(21-29-22-37(47)42(50)39(23-29)56-5)19-20-38-40-30(27-57-59(45(2,3)4,33-15-8-6-9-16-33)34-17-10-7-11-18-34)24-35-41(36(40)26-46(53)58-38)44(52)48(43(35)51)31-13-12-14-32(25-31)49(54)55/h6-18,21-23,25,35-36,38,41,50,53H,19-20,24,26-27H2,1-5H3/b28-21+/t35-,36+,38-,41-/m1/s1. The first-order chi connectivity index (χ1) is 28.1. The molecular formula is C45H48BIN2O9Si. The first kappa shape index (κ1) is 42.5. The molecule has 0 spiro atoms. The number of hydrogen-bond acceptors (Lipinski definition) is 9. The van der Waals surface area contributed by atoms with E-state index in [1.807, 2.05) is 55.5 Å². The lowest BCUT2D eigenvalue weighted by Crippen LogP contribution is -2.66. The second kappa shape index (κ2) is 17.2. The van der Waals surface area contributed by atoms with Gasteiger partial charge in [-0.25, -0.2) is 4.90 Å². The molecule has 2 N–H and O–H groups in total. The van der Waals surface area contributed by atoms with E-state index in [2.05, 4.69) is 67.6 Å². The van der Waals surface area contributed by atoms with Crippen molar-refractivity contribution in [2.45, 2.75) is 64.4 Å². The Labute approximate surface area is 359 Å². The van der Waals surface area contributed by atoms with Gasteiger partial charge >= 0.3 is 7.12 Å². The van der Waals surface area contributed by atoms with E-state index in [-0.39, 0.29) is 41.5 Å². The fraction of sp³-hybridized carbons (Fsp3) is 0.333. The van der Waals surface area contributed by atoms with Crippen molar-refractivity contribution in [1.29, 1.82) is 0 Å². The molecule has 0 radical (unpaired) electrons. The quantitative estimate of drug-likeness (QED) is 0.0365. The number of anilines is 1. The molecule has 3 aliphatic rings. The number of aromatic hydroxyl groups is 1. The van der Waals surface area contributed by atoms with Crippen LogP contribution in [0.25, 0.3) is 6.08 Å². The first-order valence-corrected chi connectivity index (χ1v) is 22.8. The Kier molecular flexibility index (Phi) is 12.4. The van der Waals surface area contributed by atoms with Crippen molar-refractivity contribution in [1.82, 2.24) is 0 Å². The van der Waals surface area contributed by atoms with Crippen molar-refractivity contribution in [3.8, 4) is 11.5 Å². The highest BCUT2D eigenvalue weighted by Gasteiger charge is 2.58. The van der Waals surface area contributed by atoms with E-state index in [0.29, 0.717) is 22.2 Å². The van der Waals surface area contributed by atoms with Gasteiger partial charge in [0.25, 0.3) is 14.0 Å². The number of methoxy groups -OCH3 is 1. The minimum absolute atomic E-state index is 0.0814. The van der Waals surface area contributed by atoms with Gasteiger partial charge in [0.15, 0.2) is 11.5 Å². The highest BCUT2D eigenvalue weighted by Crippen LogP contribution is 2.52. The lowest BCUT2D eigenvalue weighted by Gasteiger charge is -2.46. The molecule has 306 valence electrons. The Balaban J connectivity index is 1.30. The van der Waals surface area contributed by atoms with Crippen molar-refractivity contribution in [2.75, 3.05) is 18.6 Å². The van der Waals surface area contributed by atoms with Gasteiger partial charge in [-0.05, 0) is 111 Å². The molecule has 11 nitrogen and oxygen atoms in total. The number of hydrogen-bond donors (Lipinski definition) is 2. The Hall–Kier alpha value is -4.61. The molecule has 0 saturated carbocycles. The lowest BCUT2D eigenvalue weighted by molar-refractivity contribution is -0.384. The van der Waals surface area contributed by atoms with Crippen LogP contribution in [0.1, 0.15) is 52.5 Å². The Morgan fingerprint density at radius 3 is 2.27 bits per heavy atom. The van der Waals surface area contributed by atoms with Crippen LogP contribution in [0, 0.1) is 31.4 Å². The summed E-state index contributed by atoms with van der Waals surface area (Å²) < 4.78 is 19.9. The minimum atomic E-state index is -3.06. The van der Waals surface area contributed by atoms with Crippen LogP contribution in [0.3, 0.4) is 0 Å². The van der Waals surface area contributed by atoms with Gasteiger partial charge in [-0.2, -0.15) is 0 Å². The van der Waals surface area contributed by atoms with Crippen molar-refractivity contribution in [3.05, 3.63) is 133 Å². The number of allylic oxidation sites excluding steroid dienone is 1. The molecule has 2 heterocycles. The number of carbonyl (C=O) groups is 2. The van der Waals surface area contributed by atoms with Crippen LogP contribution in [0.5, 0.6) is 11.5 Å². The molecule has 4 atom stereocenters. The van der Waals surface area contributed by atoms with Gasteiger partial charge in [-0.15, -0.1) is 0 Å². The summed E-state index contributed by atoms with van der Waals surface area (Å²) in [6, 6.07) is 29.9. The number of halogens is 1. The molecule has 1 aliphatic carbocycles. The number of fused-ring (bicyclic) bond motifs is 3. The normalized spacial score (nSPS) is 21.1. The number of imide groups is 1. The third kappa shape index (κ3) is 8.17. The van der Waals surface area contributed by atoms with E-state index in [1.165, 1.54) is 25.3 Å². The smallest absolute Gasteiger partial charge is 0.455 e. The summed E-state index contributed by atoms with van der Waals surface area (Å²) in [6.45, 7) is 8.80. The van der Waals surface area contributed by atoms with Gasteiger partial charge in [0.05, 0.1) is 45.8 Å². The van der Waals surface area contributed by atoms with Crippen molar-refractivity contribution >= 4 is 77.7 Å². The molecule has 4 aromatic carbocycles. The summed E-state index contributed by atoms with van der Waals surface area (Å²) in [6.07, 6.45) is 2.84. The number of nitrogens with zero attached hydrogens (tertiary/aromatic N) is 2. The summed E-state index contributed by atoms with van der Waals surface area (Å²) in [4.78, 5) is 41.3. The molecule has 0 unspecified atom stereocenters. The van der Waals surface area contributed by atoms with Crippen molar-refractivity contribution in [3.63, 3.8) is 0 Å². The molecule has 0 bridgehead atoms. The van der Waals surface area contributed by atoms with Gasteiger partial charge in [0.1, 0.15) is 0 Å². The first-order valence-electron chi connectivity index (χ1n) is 19.8. The Morgan fingerprint density at radius 1 is 1.00 bits per heavy atom. The van der Waals surface area contributed by atoms with Gasteiger partial charge in [-0.3, -0.25) is 19.7 Å².